The monoisotopic (exact) mass is 442 g/mol. The van der Waals surface area contributed by atoms with Gasteiger partial charge in [-0.25, -0.2) is 14.9 Å². The predicted molar refractivity (Wildman–Crippen MR) is 100 cm³/mol. The fourth-order valence-corrected chi connectivity index (χ4v) is 2.47. The van der Waals surface area contributed by atoms with Crippen LogP contribution in [0.1, 0.15) is 23.0 Å². The van der Waals surface area contributed by atoms with Gasteiger partial charge in [0, 0.05) is 23.7 Å². The lowest BCUT2D eigenvalue weighted by atomic mass is 10.2. The fourth-order valence-electron chi connectivity index (χ4n) is 1.81. The van der Waals surface area contributed by atoms with E-state index in [1.54, 1.807) is 18.2 Å². The van der Waals surface area contributed by atoms with Gasteiger partial charge in [0.15, 0.2) is 5.11 Å². The maximum absolute atomic E-state index is 12.7. The van der Waals surface area contributed by atoms with Gasteiger partial charge in [-0.05, 0) is 46.3 Å². The summed E-state index contributed by atoms with van der Waals surface area (Å²) in [6.07, 6.45) is 1.41. The van der Waals surface area contributed by atoms with Gasteiger partial charge >= 0.3 is 5.97 Å². The van der Waals surface area contributed by atoms with Crippen LogP contribution < -0.4 is 10.6 Å². The number of hydrogen-bond donors (Lipinski definition) is 1. The SMILES string of the molecule is CC(=O)OCc1nc(N(C(=O)c2cccc(Cl)c2)C(N)=S)ncc1Br. The third kappa shape index (κ3) is 4.94. The molecule has 0 saturated heterocycles. The van der Waals surface area contributed by atoms with E-state index < -0.39 is 11.9 Å². The molecule has 2 N–H and O–H groups in total. The standard InChI is InChI=1S/C15H12BrClN4O3S/c1-8(22)24-7-12-11(16)6-19-15(20-12)21(14(18)25)13(23)9-3-2-4-10(17)5-9/h2-6H,7H2,1H3,(H2,18,25). The van der Waals surface area contributed by atoms with Gasteiger partial charge in [-0.3, -0.25) is 9.59 Å². The molecular weight excluding hydrogens is 432 g/mol. The predicted octanol–water partition coefficient (Wildman–Crippen LogP) is 2.85. The number of rotatable bonds is 4. The summed E-state index contributed by atoms with van der Waals surface area (Å²) in [6.45, 7) is 1.18. The molecule has 1 aromatic carbocycles. The maximum atomic E-state index is 12.7. The smallest absolute Gasteiger partial charge is 0.303 e. The Morgan fingerprint density at radius 3 is 2.76 bits per heavy atom. The second-order valence-electron chi connectivity index (χ2n) is 4.73. The zero-order valence-corrected chi connectivity index (χ0v) is 16.1. The Morgan fingerprint density at radius 1 is 1.44 bits per heavy atom. The first-order valence-electron chi connectivity index (χ1n) is 6.84. The van der Waals surface area contributed by atoms with Crippen LogP contribution in [0.25, 0.3) is 0 Å². The maximum Gasteiger partial charge on any atom is 0.303 e. The number of aromatic nitrogens is 2. The van der Waals surface area contributed by atoms with E-state index in [0.717, 1.165) is 4.90 Å². The summed E-state index contributed by atoms with van der Waals surface area (Å²) in [5, 5.41) is 0.159. The average molecular weight is 444 g/mol. The van der Waals surface area contributed by atoms with Crippen LogP contribution in [0.15, 0.2) is 34.9 Å². The topological polar surface area (TPSA) is 98.4 Å². The number of anilines is 1. The van der Waals surface area contributed by atoms with Gasteiger partial charge in [0.2, 0.25) is 5.95 Å². The largest absolute Gasteiger partial charge is 0.459 e. The second kappa shape index (κ2) is 8.32. The van der Waals surface area contributed by atoms with Gasteiger partial charge < -0.3 is 10.5 Å². The molecule has 0 unspecified atom stereocenters. The second-order valence-corrected chi connectivity index (χ2v) is 6.44. The van der Waals surface area contributed by atoms with E-state index in [1.807, 2.05) is 0 Å². The third-order valence-electron chi connectivity index (χ3n) is 2.91. The van der Waals surface area contributed by atoms with E-state index in [0.29, 0.717) is 15.2 Å². The first-order chi connectivity index (χ1) is 11.8. The number of carbonyl (C=O) groups is 2. The van der Waals surface area contributed by atoms with Crippen molar-refractivity contribution < 1.29 is 14.3 Å². The van der Waals surface area contributed by atoms with Crippen LogP contribution in [-0.2, 0) is 16.1 Å². The summed E-state index contributed by atoms with van der Waals surface area (Å²) in [7, 11) is 0. The lowest BCUT2D eigenvalue weighted by Gasteiger charge is -2.19. The van der Waals surface area contributed by atoms with Gasteiger partial charge in [-0.2, -0.15) is 0 Å². The third-order valence-corrected chi connectivity index (χ3v) is 3.99. The lowest BCUT2D eigenvalue weighted by Crippen LogP contribution is -2.42. The van der Waals surface area contributed by atoms with Crippen molar-refractivity contribution >= 4 is 62.7 Å². The number of ether oxygens (including phenoxy) is 1. The Hall–Kier alpha value is -2.10. The van der Waals surface area contributed by atoms with E-state index >= 15 is 0 Å². The number of nitrogens with two attached hydrogens (primary N) is 1. The molecule has 10 heteroatoms. The molecule has 2 rings (SSSR count). The minimum atomic E-state index is -0.532. The molecule has 0 aliphatic heterocycles. The number of esters is 1. The molecule has 0 aliphatic rings. The highest BCUT2D eigenvalue weighted by Gasteiger charge is 2.24. The molecule has 0 spiro atoms. The summed E-state index contributed by atoms with van der Waals surface area (Å²) in [5.74, 6) is -1.04. The number of nitrogens with zero attached hydrogens (tertiary/aromatic N) is 3. The fraction of sp³-hybridized carbons (Fsp3) is 0.133. The summed E-state index contributed by atoms with van der Waals surface area (Å²) in [6, 6.07) is 6.31. The molecule has 0 saturated carbocycles. The quantitative estimate of drug-likeness (QED) is 0.573. The van der Waals surface area contributed by atoms with Crippen molar-refractivity contribution in [1.29, 1.82) is 0 Å². The highest BCUT2D eigenvalue weighted by atomic mass is 79.9. The van der Waals surface area contributed by atoms with Crippen molar-refractivity contribution in [2.45, 2.75) is 13.5 Å². The summed E-state index contributed by atoms with van der Waals surface area (Å²) < 4.78 is 5.43. The van der Waals surface area contributed by atoms with Crippen LogP contribution in [0.5, 0.6) is 0 Å². The number of carbonyl (C=O) groups excluding carboxylic acids is 2. The van der Waals surface area contributed by atoms with Crippen LogP contribution in [0.2, 0.25) is 5.02 Å². The van der Waals surface area contributed by atoms with Crippen molar-refractivity contribution in [2.75, 3.05) is 4.90 Å². The molecule has 1 aromatic heterocycles. The molecule has 0 radical (unpaired) electrons. The Kier molecular flexibility index (Phi) is 6.40. The van der Waals surface area contributed by atoms with E-state index in [9.17, 15) is 9.59 Å². The van der Waals surface area contributed by atoms with Gasteiger partial charge in [0.25, 0.3) is 5.91 Å². The van der Waals surface area contributed by atoms with Gasteiger partial charge in [-0.15, -0.1) is 0 Å². The molecule has 2 aromatic rings. The number of halogens is 2. The minimum Gasteiger partial charge on any atom is -0.459 e. The van der Waals surface area contributed by atoms with Crippen molar-refractivity contribution in [1.82, 2.24) is 9.97 Å². The number of thiocarbonyl (C=S) groups is 1. The normalized spacial score (nSPS) is 10.2. The molecular formula is C15H12BrClN4O3S. The van der Waals surface area contributed by atoms with E-state index in [4.69, 9.17) is 34.3 Å². The molecule has 130 valence electrons. The molecule has 7 nitrogen and oxygen atoms in total. The summed E-state index contributed by atoms with van der Waals surface area (Å²) in [5.41, 5.74) is 6.31. The van der Waals surface area contributed by atoms with Gasteiger partial charge in [0.05, 0.1) is 10.2 Å². The molecule has 0 atom stereocenters. The average Bonchev–Trinajstić information content (AvgIpc) is 2.54. The Balaban J connectivity index is 2.40. The molecule has 0 aliphatic carbocycles. The Labute approximate surface area is 162 Å². The highest BCUT2D eigenvalue weighted by molar-refractivity contribution is 9.10. The number of hydrogen-bond acceptors (Lipinski definition) is 6. The zero-order valence-electron chi connectivity index (χ0n) is 12.9. The Bertz CT molecular complexity index is 849. The zero-order chi connectivity index (χ0) is 18.6. The first kappa shape index (κ1) is 19.2. The molecule has 0 bridgehead atoms. The van der Waals surface area contributed by atoms with Crippen molar-refractivity contribution in [3.8, 4) is 0 Å². The Morgan fingerprint density at radius 2 is 2.16 bits per heavy atom. The van der Waals surface area contributed by atoms with Crippen LogP contribution >= 0.6 is 39.7 Å². The highest BCUT2D eigenvalue weighted by Crippen LogP contribution is 2.20. The van der Waals surface area contributed by atoms with Crippen molar-refractivity contribution in [3.63, 3.8) is 0 Å². The van der Waals surface area contributed by atoms with E-state index in [2.05, 4.69) is 25.9 Å². The summed E-state index contributed by atoms with van der Waals surface area (Å²) >= 11 is 14.1. The lowest BCUT2D eigenvalue weighted by molar-refractivity contribution is -0.142. The van der Waals surface area contributed by atoms with Crippen molar-refractivity contribution in [2.24, 2.45) is 5.73 Å². The van der Waals surface area contributed by atoms with Crippen LogP contribution in [0.3, 0.4) is 0 Å². The molecule has 25 heavy (non-hydrogen) atoms. The van der Waals surface area contributed by atoms with Crippen LogP contribution in [0, 0.1) is 0 Å². The van der Waals surface area contributed by atoms with Crippen molar-refractivity contribution in [3.05, 3.63) is 51.2 Å². The van der Waals surface area contributed by atoms with Crippen LogP contribution in [-0.4, -0.2) is 27.0 Å². The number of amides is 1. The molecule has 1 heterocycles. The molecule has 1 amide bonds. The molecule has 0 fully saturated rings. The van der Waals surface area contributed by atoms with Crippen LogP contribution in [0.4, 0.5) is 5.95 Å². The number of benzene rings is 1. The first-order valence-corrected chi connectivity index (χ1v) is 8.41. The van der Waals surface area contributed by atoms with Gasteiger partial charge in [0.1, 0.15) is 6.61 Å². The minimum absolute atomic E-state index is 0.0390. The summed E-state index contributed by atoms with van der Waals surface area (Å²) in [4.78, 5) is 32.9. The van der Waals surface area contributed by atoms with E-state index in [-0.39, 0.29) is 23.2 Å². The van der Waals surface area contributed by atoms with E-state index in [1.165, 1.54) is 19.2 Å². The van der Waals surface area contributed by atoms with Gasteiger partial charge in [-0.1, -0.05) is 17.7 Å².